The molecular weight excluding hydrogens is 382 g/mol. The van der Waals surface area contributed by atoms with E-state index in [1.165, 1.54) is 10.6 Å². The molecule has 2 aromatic rings. The highest BCUT2D eigenvalue weighted by atomic mass is 35.5. The number of amides is 1. The van der Waals surface area contributed by atoms with Crippen LogP contribution in [0.2, 0.25) is 5.02 Å². The second-order valence-corrected chi connectivity index (χ2v) is 9.01. The molecule has 1 amide bonds. The average Bonchev–Trinajstić information content (AvgIpc) is 2.96. The maximum absolute atomic E-state index is 13.0. The van der Waals surface area contributed by atoms with E-state index in [0.29, 0.717) is 22.2 Å². The SMILES string of the molecule is CC1=NN(c2ccccc2)C(=O)/C1=C/c1cc2c(cc1Cl)N(C)C(C)(C)CC2C. The van der Waals surface area contributed by atoms with Crippen LogP contribution in [0.3, 0.4) is 0 Å². The van der Waals surface area contributed by atoms with Crippen molar-refractivity contribution in [2.24, 2.45) is 5.10 Å². The molecule has 0 aromatic heterocycles. The Morgan fingerprint density at radius 3 is 2.59 bits per heavy atom. The highest BCUT2D eigenvalue weighted by Gasteiger charge is 2.35. The van der Waals surface area contributed by atoms with E-state index in [1.807, 2.05) is 49.4 Å². The van der Waals surface area contributed by atoms with E-state index < -0.39 is 0 Å². The molecule has 0 saturated heterocycles. The topological polar surface area (TPSA) is 35.9 Å². The third kappa shape index (κ3) is 3.36. The van der Waals surface area contributed by atoms with Gasteiger partial charge in [0, 0.05) is 23.3 Å². The van der Waals surface area contributed by atoms with Gasteiger partial charge in [-0.25, -0.2) is 0 Å². The van der Waals surface area contributed by atoms with Crippen LogP contribution >= 0.6 is 11.6 Å². The van der Waals surface area contributed by atoms with E-state index in [4.69, 9.17) is 11.6 Å². The Morgan fingerprint density at radius 2 is 1.90 bits per heavy atom. The molecule has 0 bridgehead atoms. The number of hydrogen-bond acceptors (Lipinski definition) is 3. The van der Waals surface area contributed by atoms with Crippen molar-refractivity contribution < 1.29 is 4.79 Å². The molecular formula is C24H26ClN3O. The van der Waals surface area contributed by atoms with Crippen molar-refractivity contribution in [3.05, 3.63) is 64.2 Å². The Kier molecular flexibility index (Phi) is 4.78. The molecule has 2 aromatic carbocycles. The van der Waals surface area contributed by atoms with Gasteiger partial charge in [0.2, 0.25) is 0 Å². The molecule has 4 nitrogen and oxygen atoms in total. The molecule has 0 N–H and O–H groups in total. The minimum atomic E-state index is -0.131. The van der Waals surface area contributed by atoms with E-state index >= 15 is 0 Å². The van der Waals surface area contributed by atoms with Gasteiger partial charge in [-0.05, 0) is 74.6 Å². The molecule has 4 rings (SSSR count). The van der Waals surface area contributed by atoms with E-state index in [1.54, 1.807) is 0 Å². The van der Waals surface area contributed by atoms with Gasteiger partial charge in [-0.2, -0.15) is 10.1 Å². The molecule has 5 heteroatoms. The zero-order valence-corrected chi connectivity index (χ0v) is 18.3. The smallest absolute Gasteiger partial charge is 0.280 e. The maximum Gasteiger partial charge on any atom is 0.280 e. The molecule has 0 saturated carbocycles. The van der Waals surface area contributed by atoms with Crippen molar-refractivity contribution in [1.82, 2.24) is 0 Å². The first kappa shape index (κ1) is 19.7. The van der Waals surface area contributed by atoms with Crippen LogP contribution in [0.5, 0.6) is 0 Å². The van der Waals surface area contributed by atoms with Gasteiger partial charge in [0.1, 0.15) is 0 Å². The van der Waals surface area contributed by atoms with Crippen molar-refractivity contribution in [3.63, 3.8) is 0 Å². The molecule has 150 valence electrons. The Hall–Kier alpha value is -2.59. The Bertz CT molecular complexity index is 1040. The lowest BCUT2D eigenvalue weighted by molar-refractivity contribution is -0.114. The van der Waals surface area contributed by atoms with Crippen molar-refractivity contribution in [1.29, 1.82) is 0 Å². The van der Waals surface area contributed by atoms with Crippen molar-refractivity contribution in [2.45, 2.75) is 45.6 Å². The summed E-state index contributed by atoms with van der Waals surface area (Å²) in [5.41, 5.74) is 5.40. The molecule has 29 heavy (non-hydrogen) atoms. The number of hydrogen-bond donors (Lipinski definition) is 0. The first-order valence-corrected chi connectivity index (χ1v) is 10.3. The van der Waals surface area contributed by atoms with Gasteiger partial charge in [-0.1, -0.05) is 36.7 Å². The number of halogens is 1. The minimum absolute atomic E-state index is 0.0799. The number of fused-ring (bicyclic) bond motifs is 1. The second kappa shape index (κ2) is 7.03. The molecule has 0 radical (unpaired) electrons. The summed E-state index contributed by atoms with van der Waals surface area (Å²) < 4.78 is 0. The molecule has 2 aliphatic heterocycles. The van der Waals surface area contributed by atoms with Gasteiger partial charge >= 0.3 is 0 Å². The third-order valence-corrected chi connectivity index (χ3v) is 6.44. The second-order valence-electron chi connectivity index (χ2n) is 8.61. The lowest BCUT2D eigenvalue weighted by Gasteiger charge is -2.45. The number of rotatable bonds is 2. The summed E-state index contributed by atoms with van der Waals surface area (Å²) in [6.45, 7) is 8.62. The van der Waals surface area contributed by atoms with Gasteiger partial charge in [-0.15, -0.1) is 0 Å². The first-order chi connectivity index (χ1) is 13.7. The number of carbonyl (C=O) groups is 1. The maximum atomic E-state index is 13.0. The number of benzene rings is 2. The van der Waals surface area contributed by atoms with Crippen LogP contribution in [-0.4, -0.2) is 24.2 Å². The van der Waals surface area contributed by atoms with E-state index in [0.717, 1.165) is 23.4 Å². The molecule has 1 unspecified atom stereocenters. The highest BCUT2D eigenvalue weighted by Crippen LogP contribution is 2.44. The minimum Gasteiger partial charge on any atom is -0.369 e. The lowest BCUT2D eigenvalue weighted by Crippen LogP contribution is -2.45. The molecule has 0 spiro atoms. The fourth-order valence-electron chi connectivity index (χ4n) is 4.30. The van der Waals surface area contributed by atoms with Crippen molar-refractivity contribution >= 4 is 40.7 Å². The summed E-state index contributed by atoms with van der Waals surface area (Å²) in [7, 11) is 2.12. The van der Waals surface area contributed by atoms with Crippen molar-refractivity contribution in [3.8, 4) is 0 Å². The normalized spacial score (nSPS) is 22.1. The number of nitrogens with zero attached hydrogens (tertiary/aromatic N) is 3. The van der Waals surface area contributed by atoms with Crippen LogP contribution in [0.1, 0.15) is 51.2 Å². The number of carbonyl (C=O) groups excluding carboxylic acids is 1. The predicted octanol–water partition coefficient (Wildman–Crippen LogP) is 5.87. The van der Waals surface area contributed by atoms with Gasteiger partial charge in [0.25, 0.3) is 5.91 Å². The van der Waals surface area contributed by atoms with Gasteiger partial charge in [-0.3, -0.25) is 4.79 Å². The summed E-state index contributed by atoms with van der Waals surface area (Å²) in [5.74, 6) is 0.286. The summed E-state index contributed by atoms with van der Waals surface area (Å²) >= 11 is 6.66. The monoisotopic (exact) mass is 407 g/mol. The van der Waals surface area contributed by atoms with Gasteiger partial charge in [0.05, 0.1) is 17.0 Å². The Morgan fingerprint density at radius 1 is 1.21 bits per heavy atom. The van der Waals surface area contributed by atoms with E-state index in [-0.39, 0.29) is 11.4 Å². The summed E-state index contributed by atoms with van der Waals surface area (Å²) in [4.78, 5) is 15.3. The van der Waals surface area contributed by atoms with E-state index in [2.05, 4.69) is 43.9 Å². The van der Waals surface area contributed by atoms with Gasteiger partial charge in [0.15, 0.2) is 0 Å². The largest absolute Gasteiger partial charge is 0.369 e. The van der Waals surface area contributed by atoms with E-state index in [9.17, 15) is 4.79 Å². The van der Waals surface area contributed by atoms with Crippen molar-refractivity contribution in [2.75, 3.05) is 17.0 Å². The number of anilines is 2. The van der Waals surface area contributed by atoms with Crippen LogP contribution < -0.4 is 9.91 Å². The summed E-state index contributed by atoms with van der Waals surface area (Å²) in [6, 6.07) is 13.6. The Labute approximate surface area is 177 Å². The molecule has 2 heterocycles. The zero-order chi connectivity index (χ0) is 20.9. The zero-order valence-electron chi connectivity index (χ0n) is 17.5. The fourth-order valence-corrected chi connectivity index (χ4v) is 4.51. The average molecular weight is 408 g/mol. The van der Waals surface area contributed by atoms with Gasteiger partial charge < -0.3 is 4.90 Å². The summed E-state index contributed by atoms with van der Waals surface area (Å²) in [5, 5.41) is 6.56. The highest BCUT2D eigenvalue weighted by molar-refractivity contribution is 6.35. The standard InChI is InChI=1S/C24H26ClN3O/c1-15-14-24(3,4)27(5)22-13-21(25)17(11-19(15)22)12-20-16(2)26-28(23(20)29)18-9-7-6-8-10-18/h6-13,15H,14H2,1-5H3/b20-12+. The Balaban J connectivity index is 1.74. The molecule has 0 aliphatic carbocycles. The number of hydrazone groups is 1. The molecule has 2 aliphatic rings. The molecule has 1 atom stereocenters. The van der Waals surface area contributed by atoms with Crippen LogP contribution in [0.15, 0.2) is 53.1 Å². The first-order valence-electron chi connectivity index (χ1n) is 9.93. The third-order valence-electron chi connectivity index (χ3n) is 6.12. The predicted molar refractivity (Wildman–Crippen MR) is 122 cm³/mol. The number of para-hydroxylation sites is 1. The molecule has 0 fully saturated rings. The van der Waals surface area contributed by atoms with Crippen LogP contribution in [0.4, 0.5) is 11.4 Å². The quantitative estimate of drug-likeness (QED) is 0.584. The van der Waals surface area contributed by atoms with Crippen LogP contribution in [-0.2, 0) is 4.79 Å². The lowest BCUT2D eigenvalue weighted by atomic mass is 9.80. The summed E-state index contributed by atoms with van der Waals surface area (Å²) in [6.07, 6.45) is 2.94. The van der Waals surface area contributed by atoms with Crippen LogP contribution in [0, 0.1) is 0 Å². The van der Waals surface area contributed by atoms with Crippen LogP contribution in [0.25, 0.3) is 6.08 Å². The fraction of sp³-hybridized carbons (Fsp3) is 0.333.